The molecule has 0 aliphatic carbocycles. The van der Waals surface area contributed by atoms with E-state index in [9.17, 15) is 0 Å². The van der Waals surface area contributed by atoms with E-state index in [0.29, 0.717) is 23.4 Å². The molecule has 0 bridgehead atoms. The molecule has 0 radical (unpaired) electrons. The zero-order chi connectivity index (χ0) is 45.0. The molecule has 318 valence electrons. The van der Waals surface area contributed by atoms with Crippen molar-refractivity contribution in [2.45, 2.75) is 0 Å². The van der Waals surface area contributed by atoms with E-state index in [-0.39, 0.29) is 0 Å². The molecular weight excluding hydrogens is 831 g/mol. The third-order valence-electron chi connectivity index (χ3n) is 12.8. The molecule has 9 aromatic carbocycles. The highest BCUT2D eigenvalue weighted by atomic mass is 15.2. The van der Waals surface area contributed by atoms with Gasteiger partial charge in [0, 0.05) is 55.0 Å². The van der Waals surface area contributed by atoms with Crippen LogP contribution in [0.15, 0.2) is 237 Å². The van der Waals surface area contributed by atoms with Crippen molar-refractivity contribution in [1.29, 1.82) is 0 Å². The van der Waals surface area contributed by atoms with E-state index >= 15 is 0 Å². The van der Waals surface area contributed by atoms with E-state index in [1.54, 1.807) is 0 Å². The Bertz CT molecular complexity index is 3940. The number of hydrogen-bond donors (Lipinski definition) is 0. The van der Waals surface area contributed by atoms with Crippen molar-refractivity contribution in [3.05, 3.63) is 237 Å². The normalized spacial score (nSPS) is 11.5. The van der Waals surface area contributed by atoms with Gasteiger partial charge in [-0.15, -0.1) is 0 Å². The molecular formula is C61H39N7. The summed E-state index contributed by atoms with van der Waals surface area (Å²) in [5, 5.41) is 4.48. The van der Waals surface area contributed by atoms with E-state index in [0.717, 1.165) is 94.1 Å². The van der Waals surface area contributed by atoms with E-state index in [4.69, 9.17) is 24.9 Å². The summed E-state index contributed by atoms with van der Waals surface area (Å²) in [5.74, 6) is 2.47. The fourth-order valence-corrected chi connectivity index (χ4v) is 9.55. The smallest absolute Gasteiger partial charge is 0.238 e. The lowest BCUT2D eigenvalue weighted by Gasteiger charge is -2.13. The second-order valence-electron chi connectivity index (χ2n) is 16.9. The molecule has 0 saturated heterocycles. The largest absolute Gasteiger partial charge is 0.309 e. The van der Waals surface area contributed by atoms with Crippen LogP contribution in [0.25, 0.3) is 123 Å². The first-order valence-corrected chi connectivity index (χ1v) is 22.7. The molecule has 0 N–H and O–H groups in total. The van der Waals surface area contributed by atoms with Crippen LogP contribution in [0.3, 0.4) is 0 Å². The fourth-order valence-electron chi connectivity index (χ4n) is 9.55. The molecule has 13 rings (SSSR count). The topological polar surface area (TPSA) is 74.3 Å². The van der Waals surface area contributed by atoms with Gasteiger partial charge >= 0.3 is 0 Å². The van der Waals surface area contributed by atoms with Crippen molar-refractivity contribution < 1.29 is 0 Å². The van der Waals surface area contributed by atoms with Gasteiger partial charge in [-0.3, -0.25) is 4.57 Å². The summed E-state index contributed by atoms with van der Waals surface area (Å²) in [7, 11) is 0. The lowest BCUT2D eigenvalue weighted by atomic mass is 10.0. The van der Waals surface area contributed by atoms with Crippen molar-refractivity contribution in [3.8, 4) is 79.4 Å². The predicted molar refractivity (Wildman–Crippen MR) is 277 cm³/mol. The molecule has 0 amide bonds. The third-order valence-corrected chi connectivity index (χ3v) is 12.8. The molecule has 0 aliphatic heterocycles. The average Bonchev–Trinajstić information content (AvgIpc) is 3.93. The van der Waals surface area contributed by atoms with E-state index in [1.807, 2.05) is 72.8 Å². The lowest BCUT2D eigenvalue weighted by Crippen LogP contribution is -2.06. The number of aromatic nitrogens is 7. The van der Waals surface area contributed by atoms with Crippen LogP contribution in [0.5, 0.6) is 0 Å². The molecule has 7 heteroatoms. The van der Waals surface area contributed by atoms with Gasteiger partial charge in [0.1, 0.15) is 0 Å². The highest BCUT2D eigenvalue weighted by molar-refractivity contribution is 6.19. The van der Waals surface area contributed by atoms with Crippen molar-refractivity contribution in [3.63, 3.8) is 0 Å². The van der Waals surface area contributed by atoms with Gasteiger partial charge in [0.25, 0.3) is 0 Å². The highest BCUT2D eigenvalue weighted by Gasteiger charge is 2.22. The minimum absolute atomic E-state index is 0.561. The van der Waals surface area contributed by atoms with Gasteiger partial charge in [-0.05, 0) is 53.6 Å². The van der Waals surface area contributed by atoms with Crippen LogP contribution in [-0.4, -0.2) is 34.1 Å². The molecule has 0 saturated carbocycles. The standard InChI is InChI=1S/C61H39N7/c1-5-18-40(19-6-1)41-32-34-45(35-33-41)58-62-52(42-20-7-2-8-21-42)39-53(63-58)46-26-17-27-47(36-46)67-54-30-15-13-28-48(54)50-38-57-51(37-56(50)67)49-29-14-16-31-55(49)68(57)61-65-59(43-22-9-3-10-23-43)64-60(66-61)44-24-11-4-12-25-44/h1-39H. The van der Waals surface area contributed by atoms with Crippen molar-refractivity contribution in [2.24, 2.45) is 0 Å². The summed E-state index contributed by atoms with van der Waals surface area (Å²) in [4.78, 5) is 25.8. The van der Waals surface area contributed by atoms with Gasteiger partial charge in [-0.2, -0.15) is 9.97 Å². The summed E-state index contributed by atoms with van der Waals surface area (Å²) >= 11 is 0. The van der Waals surface area contributed by atoms with Gasteiger partial charge in [-0.25, -0.2) is 15.0 Å². The van der Waals surface area contributed by atoms with Crippen LogP contribution >= 0.6 is 0 Å². The van der Waals surface area contributed by atoms with Gasteiger partial charge in [0.2, 0.25) is 5.95 Å². The second-order valence-corrected chi connectivity index (χ2v) is 16.9. The number of benzene rings is 9. The summed E-state index contributed by atoms with van der Waals surface area (Å²) in [6.45, 7) is 0. The number of nitrogens with zero attached hydrogens (tertiary/aromatic N) is 7. The van der Waals surface area contributed by atoms with Crippen LogP contribution in [0.1, 0.15) is 0 Å². The number of para-hydroxylation sites is 2. The molecule has 4 heterocycles. The maximum absolute atomic E-state index is 5.27. The minimum atomic E-state index is 0.561. The zero-order valence-electron chi connectivity index (χ0n) is 36.6. The molecule has 0 spiro atoms. The molecule has 4 aromatic heterocycles. The first-order chi connectivity index (χ1) is 33.7. The quantitative estimate of drug-likeness (QED) is 0.152. The third kappa shape index (κ3) is 6.80. The second kappa shape index (κ2) is 16.3. The molecule has 0 unspecified atom stereocenters. The van der Waals surface area contributed by atoms with Crippen LogP contribution < -0.4 is 0 Å². The van der Waals surface area contributed by atoms with Gasteiger partial charge in [0.05, 0.1) is 33.5 Å². The first-order valence-electron chi connectivity index (χ1n) is 22.7. The monoisotopic (exact) mass is 869 g/mol. The van der Waals surface area contributed by atoms with Gasteiger partial charge in [-0.1, -0.05) is 194 Å². The lowest BCUT2D eigenvalue weighted by molar-refractivity contribution is 0.954. The average molecular weight is 870 g/mol. The van der Waals surface area contributed by atoms with Crippen molar-refractivity contribution >= 4 is 43.6 Å². The SMILES string of the molecule is c1ccc(-c2ccc(-c3nc(-c4ccccc4)cc(-c4cccc(-n5c6ccccc6c6cc7c(cc65)c5ccccc5n7-c5nc(-c6ccccc6)nc(-c6ccccc6)n5)c4)n3)cc2)cc1. The maximum atomic E-state index is 5.27. The molecule has 0 fully saturated rings. The number of rotatable bonds is 8. The maximum Gasteiger partial charge on any atom is 0.238 e. The number of hydrogen-bond acceptors (Lipinski definition) is 5. The summed E-state index contributed by atoms with van der Waals surface area (Å²) < 4.78 is 4.58. The van der Waals surface area contributed by atoms with Crippen LogP contribution in [0.4, 0.5) is 0 Å². The highest BCUT2D eigenvalue weighted by Crippen LogP contribution is 2.40. The van der Waals surface area contributed by atoms with Crippen molar-refractivity contribution in [2.75, 3.05) is 0 Å². The molecule has 0 atom stereocenters. The van der Waals surface area contributed by atoms with Gasteiger partial charge < -0.3 is 4.57 Å². The Kier molecular flexibility index (Phi) is 9.35. The van der Waals surface area contributed by atoms with Crippen molar-refractivity contribution in [1.82, 2.24) is 34.1 Å². The Labute approximate surface area is 392 Å². The first kappa shape index (κ1) is 39.1. The predicted octanol–water partition coefficient (Wildman–Crippen LogP) is 14.9. The van der Waals surface area contributed by atoms with Crippen LogP contribution in [0.2, 0.25) is 0 Å². The molecule has 68 heavy (non-hydrogen) atoms. The fraction of sp³-hybridized carbons (Fsp3) is 0. The Hall–Kier alpha value is -9.33. The number of fused-ring (bicyclic) bond motifs is 6. The summed E-state index contributed by atoms with van der Waals surface area (Å²) in [5.41, 5.74) is 14.1. The van der Waals surface area contributed by atoms with Crippen LogP contribution in [0, 0.1) is 0 Å². The zero-order valence-corrected chi connectivity index (χ0v) is 36.6. The Morgan fingerprint density at radius 3 is 1.24 bits per heavy atom. The molecule has 7 nitrogen and oxygen atoms in total. The van der Waals surface area contributed by atoms with E-state index in [1.165, 1.54) is 5.56 Å². The Morgan fingerprint density at radius 1 is 0.235 bits per heavy atom. The van der Waals surface area contributed by atoms with E-state index in [2.05, 4.69) is 173 Å². The van der Waals surface area contributed by atoms with Gasteiger partial charge in [0.15, 0.2) is 17.5 Å². The van der Waals surface area contributed by atoms with Crippen LogP contribution in [-0.2, 0) is 0 Å². The van der Waals surface area contributed by atoms with E-state index < -0.39 is 0 Å². The molecule has 13 aromatic rings. The summed E-state index contributed by atoms with van der Waals surface area (Å²) in [6.07, 6.45) is 0. The Morgan fingerprint density at radius 2 is 0.647 bits per heavy atom. The summed E-state index contributed by atoms with van der Waals surface area (Å²) in [6, 6.07) is 82.2. The minimum Gasteiger partial charge on any atom is -0.309 e. The molecule has 0 aliphatic rings. The Balaban J connectivity index is 0.990.